The molecule has 0 atom stereocenters. The molecule has 0 bridgehead atoms. The van der Waals surface area contributed by atoms with Gasteiger partial charge in [-0.25, -0.2) is 0 Å². The van der Waals surface area contributed by atoms with Gasteiger partial charge in [-0.15, -0.1) is 6.58 Å². The predicted octanol–water partition coefficient (Wildman–Crippen LogP) is 8.46. The molecular formula is C28H40F4O3. The monoisotopic (exact) mass is 500 g/mol. The molecule has 3 rings (SSSR count). The zero-order valence-corrected chi connectivity index (χ0v) is 20.9. The van der Waals surface area contributed by atoms with Crippen LogP contribution in [0, 0.1) is 29.4 Å². The van der Waals surface area contributed by atoms with Crippen LogP contribution < -0.4 is 9.47 Å². The molecule has 2 saturated carbocycles. The lowest BCUT2D eigenvalue weighted by Gasteiger charge is -2.29. The summed E-state index contributed by atoms with van der Waals surface area (Å²) in [4.78, 5) is 0. The molecule has 2 aliphatic rings. The summed E-state index contributed by atoms with van der Waals surface area (Å²) in [5.41, 5.74) is 0. The van der Waals surface area contributed by atoms with Crippen molar-refractivity contribution in [1.29, 1.82) is 0 Å². The van der Waals surface area contributed by atoms with Crippen molar-refractivity contribution >= 4 is 0 Å². The Balaban J connectivity index is 1.44. The number of rotatable bonds is 13. The van der Waals surface area contributed by atoms with E-state index >= 15 is 0 Å². The lowest BCUT2D eigenvalue weighted by Crippen LogP contribution is -2.34. The second kappa shape index (κ2) is 13.5. The second-order valence-electron chi connectivity index (χ2n) is 10.2. The van der Waals surface area contributed by atoms with Crippen LogP contribution in [0.4, 0.5) is 17.6 Å². The summed E-state index contributed by atoms with van der Waals surface area (Å²) in [6.45, 7) is 5.24. The Labute approximate surface area is 207 Å². The number of hydrogen-bond acceptors (Lipinski definition) is 3. The van der Waals surface area contributed by atoms with E-state index in [9.17, 15) is 17.6 Å². The van der Waals surface area contributed by atoms with Gasteiger partial charge in [-0.1, -0.05) is 38.7 Å². The van der Waals surface area contributed by atoms with E-state index in [0.29, 0.717) is 11.8 Å². The first-order valence-electron chi connectivity index (χ1n) is 13.2. The molecule has 0 saturated heterocycles. The topological polar surface area (TPSA) is 27.7 Å². The van der Waals surface area contributed by atoms with Gasteiger partial charge < -0.3 is 14.2 Å². The van der Waals surface area contributed by atoms with E-state index in [1.165, 1.54) is 25.7 Å². The molecule has 198 valence electrons. The van der Waals surface area contributed by atoms with E-state index in [1.54, 1.807) is 0 Å². The van der Waals surface area contributed by atoms with Gasteiger partial charge in [0.2, 0.25) is 11.6 Å². The number of hydrogen-bond donors (Lipinski definition) is 0. The third-order valence-corrected chi connectivity index (χ3v) is 7.47. The minimum absolute atomic E-state index is 0.248. The highest BCUT2D eigenvalue weighted by Crippen LogP contribution is 2.35. The number of halogens is 4. The van der Waals surface area contributed by atoms with Gasteiger partial charge in [0.05, 0.1) is 12.7 Å². The molecule has 0 heterocycles. The predicted molar refractivity (Wildman–Crippen MR) is 129 cm³/mol. The zero-order chi connectivity index (χ0) is 25.3. The van der Waals surface area contributed by atoms with E-state index in [1.807, 2.05) is 6.08 Å². The normalized spacial score (nSPS) is 25.3. The molecule has 35 heavy (non-hydrogen) atoms. The molecule has 0 amide bonds. The third-order valence-electron chi connectivity index (χ3n) is 7.47. The number of ether oxygens (including phenoxy) is 3. The molecule has 0 radical (unpaired) electrons. The summed E-state index contributed by atoms with van der Waals surface area (Å²) in [6.07, 6.45) is 9.98. The van der Waals surface area contributed by atoms with Crippen LogP contribution in [0.15, 0.2) is 24.8 Å². The van der Waals surface area contributed by atoms with E-state index in [4.69, 9.17) is 9.47 Å². The molecule has 0 aliphatic heterocycles. The van der Waals surface area contributed by atoms with Crippen LogP contribution in [0.2, 0.25) is 0 Å². The maximum Gasteiger partial charge on any atom is 0.422 e. The molecular weight excluding hydrogens is 460 g/mol. The summed E-state index contributed by atoms with van der Waals surface area (Å²) in [5.74, 6) is -2.57. The lowest BCUT2D eigenvalue weighted by molar-refractivity contribution is -0.223. The van der Waals surface area contributed by atoms with Gasteiger partial charge in [-0.05, 0) is 81.3 Å². The maximum absolute atomic E-state index is 14.5. The smallest absolute Gasteiger partial charge is 0.422 e. The van der Waals surface area contributed by atoms with E-state index < -0.39 is 30.1 Å². The molecule has 0 unspecified atom stereocenters. The van der Waals surface area contributed by atoms with Crippen LogP contribution in [0.3, 0.4) is 0 Å². The average molecular weight is 501 g/mol. The van der Waals surface area contributed by atoms with Crippen molar-refractivity contribution in [3.8, 4) is 11.5 Å². The van der Waals surface area contributed by atoms with Gasteiger partial charge in [0.1, 0.15) is 0 Å². The van der Waals surface area contributed by atoms with Crippen molar-refractivity contribution in [3.05, 3.63) is 36.4 Å². The Morgan fingerprint density at radius 3 is 2.20 bits per heavy atom. The molecule has 1 aromatic carbocycles. The van der Waals surface area contributed by atoms with Gasteiger partial charge >= 0.3 is 6.11 Å². The van der Waals surface area contributed by atoms with Gasteiger partial charge in [-0.3, -0.25) is 0 Å². The van der Waals surface area contributed by atoms with Crippen molar-refractivity contribution in [2.45, 2.75) is 96.2 Å². The first kappa shape index (κ1) is 27.8. The number of unbranched alkanes of at least 4 members (excludes halogenated alkanes) is 2. The second-order valence-corrected chi connectivity index (χ2v) is 10.2. The lowest BCUT2D eigenvalue weighted by atomic mass is 9.82. The summed E-state index contributed by atoms with van der Waals surface area (Å²) in [6, 6.07) is 2.12. The van der Waals surface area contributed by atoms with Crippen molar-refractivity contribution in [1.82, 2.24) is 0 Å². The molecule has 0 aromatic heterocycles. The molecule has 0 spiro atoms. The zero-order valence-electron chi connectivity index (χ0n) is 20.9. The van der Waals surface area contributed by atoms with E-state index in [2.05, 4.69) is 18.2 Å². The fourth-order valence-electron chi connectivity index (χ4n) is 5.18. The molecule has 2 aliphatic carbocycles. The molecule has 2 fully saturated rings. The van der Waals surface area contributed by atoms with Crippen molar-refractivity contribution in [2.24, 2.45) is 17.8 Å². The third kappa shape index (κ3) is 8.69. The quantitative estimate of drug-likeness (QED) is 0.154. The van der Waals surface area contributed by atoms with Gasteiger partial charge in [0, 0.05) is 0 Å². The summed E-state index contributed by atoms with van der Waals surface area (Å²) in [7, 11) is 0. The van der Waals surface area contributed by atoms with Crippen molar-refractivity contribution in [2.75, 3.05) is 13.2 Å². The Morgan fingerprint density at radius 2 is 1.54 bits per heavy atom. The van der Waals surface area contributed by atoms with Crippen molar-refractivity contribution in [3.63, 3.8) is 0 Å². The maximum atomic E-state index is 14.5. The van der Waals surface area contributed by atoms with Crippen LogP contribution in [0.5, 0.6) is 11.5 Å². The minimum atomic E-state index is -3.77. The number of allylic oxidation sites excluding steroid dienone is 1. The van der Waals surface area contributed by atoms with E-state index in [-0.39, 0.29) is 24.4 Å². The van der Waals surface area contributed by atoms with Crippen LogP contribution in [-0.2, 0) is 4.74 Å². The van der Waals surface area contributed by atoms with Crippen LogP contribution in [0.1, 0.15) is 84.0 Å². The Hall–Kier alpha value is -1.76. The van der Waals surface area contributed by atoms with Crippen LogP contribution in [0.25, 0.3) is 0 Å². The first-order valence-corrected chi connectivity index (χ1v) is 13.2. The standard InChI is InChI=1S/C28H40F4O3/c1-3-5-6-7-21-12-14-23(15-13-21)34-19-28(31,32)35-25-17-16-24(26(29)27(25)30)33-18-22-10-8-20(4-2)9-11-22/h4,16-17,20-23H,2-3,5-15,18-19H2,1H3. The van der Waals surface area contributed by atoms with Crippen LogP contribution >= 0.6 is 0 Å². The van der Waals surface area contributed by atoms with Gasteiger partial charge in [0.15, 0.2) is 18.1 Å². The molecule has 3 nitrogen and oxygen atoms in total. The SMILES string of the molecule is C=CC1CCC(COc2ccc(OC(F)(F)COC3CCC(CCCCC)CC3)c(F)c2F)CC1. The van der Waals surface area contributed by atoms with Crippen molar-refractivity contribution < 1.29 is 31.8 Å². The summed E-state index contributed by atoms with van der Waals surface area (Å²) >= 11 is 0. The fraction of sp³-hybridized carbons (Fsp3) is 0.714. The number of alkyl halides is 2. The van der Waals surface area contributed by atoms with Gasteiger partial charge in [0.25, 0.3) is 0 Å². The summed E-state index contributed by atoms with van der Waals surface area (Å²) in [5, 5.41) is 0. The highest BCUT2D eigenvalue weighted by atomic mass is 19.3. The summed E-state index contributed by atoms with van der Waals surface area (Å²) < 4.78 is 73.0. The molecule has 1 aromatic rings. The Kier molecular flexibility index (Phi) is 10.7. The Morgan fingerprint density at radius 1 is 0.914 bits per heavy atom. The fourth-order valence-corrected chi connectivity index (χ4v) is 5.18. The molecule has 0 N–H and O–H groups in total. The first-order chi connectivity index (χ1) is 16.8. The highest BCUT2D eigenvalue weighted by Gasteiger charge is 2.36. The largest absolute Gasteiger partial charge is 0.490 e. The average Bonchev–Trinajstić information content (AvgIpc) is 2.86. The van der Waals surface area contributed by atoms with E-state index in [0.717, 1.165) is 63.5 Å². The highest BCUT2D eigenvalue weighted by molar-refractivity contribution is 5.35. The minimum Gasteiger partial charge on any atom is -0.490 e. The Bertz CT molecular complexity index is 785. The number of benzene rings is 1. The van der Waals surface area contributed by atoms with Crippen LogP contribution in [-0.4, -0.2) is 25.4 Å². The molecule has 7 heteroatoms. The van der Waals surface area contributed by atoms with Gasteiger partial charge in [-0.2, -0.15) is 17.6 Å².